The number of hydrogen-bond donors (Lipinski definition) is 1. The van der Waals surface area contributed by atoms with Crippen LogP contribution in [0.4, 0.5) is 0 Å². The number of aromatic nitrogens is 2. The molecular weight excluding hydrogens is 517 g/mol. The quantitative estimate of drug-likeness (QED) is 0.247. The minimum atomic E-state index is 0. The smallest absolute Gasteiger partial charge is 0.194 e. The molecule has 3 rings (SSSR count). The van der Waals surface area contributed by atoms with E-state index in [0.717, 1.165) is 48.4 Å². The maximum atomic E-state index is 5.41. The summed E-state index contributed by atoms with van der Waals surface area (Å²) in [5.74, 6) is 2.35. The summed E-state index contributed by atoms with van der Waals surface area (Å²) in [4.78, 5) is 6.91. The predicted octanol–water partition coefficient (Wildman–Crippen LogP) is 4.15. The van der Waals surface area contributed by atoms with Gasteiger partial charge >= 0.3 is 0 Å². The molecule has 0 aliphatic heterocycles. The highest BCUT2D eigenvalue weighted by molar-refractivity contribution is 14.0. The van der Waals surface area contributed by atoms with Gasteiger partial charge in [-0.05, 0) is 49.2 Å². The van der Waals surface area contributed by atoms with E-state index >= 15 is 0 Å². The zero-order chi connectivity index (χ0) is 22.1. The Morgan fingerprint density at radius 3 is 2.50 bits per heavy atom. The van der Waals surface area contributed by atoms with Gasteiger partial charge in [0.25, 0.3) is 0 Å². The molecule has 7 nitrogen and oxygen atoms in total. The summed E-state index contributed by atoms with van der Waals surface area (Å²) in [6.07, 6.45) is 2.83. The van der Waals surface area contributed by atoms with Crippen LogP contribution in [-0.2, 0) is 13.0 Å². The third-order valence-corrected chi connectivity index (χ3v) is 4.94. The van der Waals surface area contributed by atoms with E-state index in [0.29, 0.717) is 6.54 Å². The zero-order valence-corrected chi connectivity index (χ0v) is 21.4. The Balaban J connectivity index is 0.00000363. The number of guanidine groups is 1. The van der Waals surface area contributed by atoms with Crippen LogP contribution in [0.1, 0.15) is 18.2 Å². The number of hydrogen-bond acceptors (Lipinski definition) is 4. The standard InChI is InChI=1S/C24H31N5O2.HI/c1-5-25-24(26-18-20-14-16-29(27-20)21-9-7-6-8-10-21)28(2)15-13-19-11-12-22(30-3)23(17-19)31-4;/h6-12,14,16-17H,5,13,15,18H2,1-4H3,(H,25,26);1H. The van der Waals surface area contributed by atoms with Crippen molar-refractivity contribution in [2.75, 3.05) is 34.4 Å². The molecule has 0 spiro atoms. The number of aliphatic imine (C=N–C) groups is 1. The molecule has 1 N–H and O–H groups in total. The summed E-state index contributed by atoms with van der Waals surface area (Å²) >= 11 is 0. The molecule has 0 bridgehead atoms. The number of methoxy groups -OCH3 is 2. The Morgan fingerprint density at radius 2 is 1.81 bits per heavy atom. The second kappa shape index (κ2) is 12.9. The van der Waals surface area contributed by atoms with Crippen molar-refractivity contribution in [1.82, 2.24) is 20.0 Å². The molecule has 0 aliphatic rings. The number of ether oxygens (including phenoxy) is 2. The SMILES string of the molecule is CCNC(=NCc1ccn(-c2ccccc2)n1)N(C)CCc1ccc(OC)c(OC)c1.I. The van der Waals surface area contributed by atoms with E-state index in [1.165, 1.54) is 5.56 Å². The molecule has 172 valence electrons. The van der Waals surface area contributed by atoms with Gasteiger partial charge in [0.05, 0.1) is 32.1 Å². The van der Waals surface area contributed by atoms with Gasteiger partial charge in [-0.3, -0.25) is 0 Å². The third-order valence-electron chi connectivity index (χ3n) is 4.94. The van der Waals surface area contributed by atoms with Crippen LogP contribution in [0.2, 0.25) is 0 Å². The first-order valence-corrected chi connectivity index (χ1v) is 10.4. The van der Waals surface area contributed by atoms with Crippen molar-refractivity contribution in [1.29, 1.82) is 0 Å². The molecule has 0 amide bonds. The first-order chi connectivity index (χ1) is 15.1. The minimum absolute atomic E-state index is 0. The second-order valence-corrected chi connectivity index (χ2v) is 7.12. The van der Waals surface area contributed by atoms with Gasteiger partial charge in [-0.1, -0.05) is 24.3 Å². The van der Waals surface area contributed by atoms with Crippen molar-refractivity contribution >= 4 is 29.9 Å². The van der Waals surface area contributed by atoms with Gasteiger partial charge in [0.1, 0.15) is 0 Å². The van der Waals surface area contributed by atoms with Crippen molar-refractivity contribution in [2.24, 2.45) is 4.99 Å². The number of rotatable bonds is 9. The van der Waals surface area contributed by atoms with Gasteiger partial charge in [0.15, 0.2) is 17.5 Å². The van der Waals surface area contributed by atoms with Crippen LogP contribution < -0.4 is 14.8 Å². The van der Waals surface area contributed by atoms with Crippen LogP contribution in [0.25, 0.3) is 5.69 Å². The molecule has 1 heterocycles. The number of nitrogens with zero attached hydrogens (tertiary/aromatic N) is 4. The lowest BCUT2D eigenvalue weighted by atomic mass is 10.1. The molecule has 0 unspecified atom stereocenters. The summed E-state index contributed by atoms with van der Waals surface area (Å²) < 4.78 is 12.6. The van der Waals surface area contributed by atoms with Crippen LogP contribution in [0, 0.1) is 0 Å². The maximum Gasteiger partial charge on any atom is 0.194 e. The molecule has 3 aromatic rings. The van der Waals surface area contributed by atoms with Crippen molar-refractivity contribution in [3.63, 3.8) is 0 Å². The van der Waals surface area contributed by atoms with E-state index in [2.05, 4.69) is 28.3 Å². The minimum Gasteiger partial charge on any atom is -0.493 e. The molecule has 1 aromatic heterocycles. The van der Waals surface area contributed by atoms with E-state index in [1.54, 1.807) is 14.2 Å². The lowest BCUT2D eigenvalue weighted by molar-refractivity contribution is 0.354. The molecule has 0 saturated carbocycles. The van der Waals surface area contributed by atoms with E-state index in [1.807, 2.05) is 66.5 Å². The maximum absolute atomic E-state index is 5.41. The number of likely N-dealkylation sites (N-methyl/N-ethyl adjacent to an activating group) is 1. The fourth-order valence-corrected chi connectivity index (χ4v) is 3.23. The molecule has 0 atom stereocenters. The van der Waals surface area contributed by atoms with E-state index < -0.39 is 0 Å². The van der Waals surface area contributed by atoms with Crippen molar-refractivity contribution < 1.29 is 9.47 Å². The number of para-hydroxylation sites is 1. The average molecular weight is 549 g/mol. The van der Waals surface area contributed by atoms with Crippen molar-refractivity contribution in [3.8, 4) is 17.2 Å². The Bertz CT molecular complexity index is 991. The van der Waals surface area contributed by atoms with Gasteiger partial charge in [0.2, 0.25) is 0 Å². The van der Waals surface area contributed by atoms with Gasteiger partial charge in [-0.15, -0.1) is 24.0 Å². The van der Waals surface area contributed by atoms with E-state index in [-0.39, 0.29) is 24.0 Å². The highest BCUT2D eigenvalue weighted by Gasteiger charge is 2.09. The number of nitrogens with one attached hydrogen (secondary N) is 1. The van der Waals surface area contributed by atoms with Crippen molar-refractivity contribution in [2.45, 2.75) is 19.9 Å². The van der Waals surface area contributed by atoms with Crippen molar-refractivity contribution in [3.05, 3.63) is 72.1 Å². The predicted molar refractivity (Wildman–Crippen MR) is 140 cm³/mol. The summed E-state index contributed by atoms with van der Waals surface area (Å²) in [7, 11) is 5.35. The summed E-state index contributed by atoms with van der Waals surface area (Å²) in [5, 5.41) is 8.00. The van der Waals surface area contributed by atoms with Crippen LogP contribution >= 0.6 is 24.0 Å². The van der Waals surface area contributed by atoms with Crippen LogP contribution in [0.15, 0.2) is 65.8 Å². The molecule has 0 radical (unpaired) electrons. The topological polar surface area (TPSA) is 63.9 Å². The Kier molecular flexibility index (Phi) is 10.3. The second-order valence-electron chi connectivity index (χ2n) is 7.12. The highest BCUT2D eigenvalue weighted by atomic mass is 127. The average Bonchev–Trinajstić information content (AvgIpc) is 3.29. The van der Waals surface area contributed by atoms with Gasteiger partial charge in [-0.25, -0.2) is 9.67 Å². The summed E-state index contributed by atoms with van der Waals surface area (Å²) in [6.45, 7) is 4.21. The number of halogens is 1. The Hall–Kier alpha value is -2.75. The highest BCUT2D eigenvalue weighted by Crippen LogP contribution is 2.27. The Labute approximate surface area is 207 Å². The Morgan fingerprint density at radius 1 is 1.06 bits per heavy atom. The number of benzene rings is 2. The van der Waals surface area contributed by atoms with E-state index in [9.17, 15) is 0 Å². The summed E-state index contributed by atoms with van der Waals surface area (Å²) in [5.41, 5.74) is 3.14. The fourth-order valence-electron chi connectivity index (χ4n) is 3.23. The molecule has 2 aromatic carbocycles. The van der Waals surface area contributed by atoms with Gasteiger partial charge in [0, 0.05) is 26.3 Å². The summed E-state index contributed by atoms with van der Waals surface area (Å²) in [6, 6.07) is 18.1. The van der Waals surface area contributed by atoms with Crippen LogP contribution in [0.5, 0.6) is 11.5 Å². The lowest BCUT2D eigenvalue weighted by Crippen LogP contribution is -2.40. The lowest BCUT2D eigenvalue weighted by Gasteiger charge is -2.22. The van der Waals surface area contributed by atoms with E-state index in [4.69, 9.17) is 14.5 Å². The molecule has 0 aliphatic carbocycles. The zero-order valence-electron chi connectivity index (χ0n) is 19.1. The first kappa shape index (κ1) is 25.5. The molecule has 8 heteroatoms. The van der Waals surface area contributed by atoms with Crippen LogP contribution in [0.3, 0.4) is 0 Å². The molecule has 0 saturated heterocycles. The monoisotopic (exact) mass is 549 g/mol. The first-order valence-electron chi connectivity index (χ1n) is 10.4. The third kappa shape index (κ3) is 6.88. The van der Waals surface area contributed by atoms with Gasteiger partial charge < -0.3 is 19.7 Å². The normalized spacial score (nSPS) is 10.9. The van der Waals surface area contributed by atoms with Crippen LogP contribution in [-0.4, -0.2) is 55.0 Å². The molecule has 0 fully saturated rings. The largest absolute Gasteiger partial charge is 0.493 e. The molecule has 32 heavy (non-hydrogen) atoms. The van der Waals surface area contributed by atoms with Gasteiger partial charge in [-0.2, -0.15) is 5.10 Å². The fraction of sp³-hybridized carbons (Fsp3) is 0.333. The molecular formula is C24H32IN5O2.